The van der Waals surface area contributed by atoms with E-state index in [9.17, 15) is 5.11 Å². The molecular formula is C15H24N2O3. The van der Waals surface area contributed by atoms with Gasteiger partial charge in [0.15, 0.2) is 11.5 Å². The molecule has 0 aliphatic carbocycles. The van der Waals surface area contributed by atoms with Crippen LogP contribution in [0.2, 0.25) is 0 Å². The number of nitrogens with zero attached hydrogens (tertiary/aromatic N) is 1. The molecule has 2 atom stereocenters. The minimum absolute atomic E-state index is 0.330. The number of rotatable bonds is 6. The van der Waals surface area contributed by atoms with Crippen LogP contribution in [-0.4, -0.2) is 56.4 Å². The normalized spacial score (nSPS) is 17.1. The summed E-state index contributed by atoms with van der Waals surface area (Å²) in [6.07, 6.45) is -0.546. The highest BCUT2D eigenvalue weighted by molar-refractivity contribution is 5.44. The fourth-order valence-corrected chi connectivity index (χ4v) is 2.31. The lowest BCUT2D eigenvalue weighted by Crippen LogP contribution is -2.37. The summed E-state index contributed by atoms with van der Waals surface area (Å²) in [5.74, 6) is 1.47. The van der Waals surface area contributed by atoms with Gasteiger partial charge >= 0.3 is 0 Å². The van der Waals surface area contributed by atoms with Crippen molar-refractivity contribution in [2.75, 3.05) is 40.4 Å². The van der Waals surface area contributed by atoms with Gasteiger partial charge in [-0.1, -0.05) is 6.07 Å². The van der Waals surface area contributed by atoms with Gasteiger partial charge in [0.25, 0.3) is 0 Å². The molecule has 2 rings (SSSR count). The van der Waals surface area contributed by atoms with E-state index in [-0.39, 0.29) is 0 Å². The molecule has 2 N–H and O–H groups in total. The zero-order valence-corrected chi connectivity index (χ0v) is 12.4. The van der Waals surface area contributed by atoms with Crippen LogP contribution in [0.3, 0.4) is 0 Å². The fraction of sp³-hybridized carbons (Fsp3) is 0.600. The molecule has 112 valence electrons. The molecule has 0 fully saturated rings. The molecule has 0 radical (unpaired) electrons. The summed E-state index contributed by atoms with van der Waals surface area (Å²) in [7, 11) is 4.07. The number of hydrogen-bond acceptors (Lipinski definition) is 5. The van der Waals surface area contributed by atoms with Gasteiger partial charge in [-0.2, -0.15) is 0 Å². The van der Waals surface area contributed by atoms with E-state index >= 15 is 0 Å². The van der Waals surface area contributed by atoms with Crippen molar-refractivity contribution < 1.29 is 14.6 Å². The molecule has 1 heterocycles. The first kappa shape index (κ1) is 15.1. The van der Waals surface area contributed by atoms with E-state index in [1.54, 1.807) is 0 Å². The van der Waals surface area contributed by atoms with Gasteiger partial charge in [0, 0.05) is 19.1 Å². The van der Waals surface area contributed by atoms with Crippen molar-refractivity contribution in [3.05, 3.63) is 23.8 Å². The molecule has 5 nitrogen and oxygen atoms in total. The van der Waals surface area contributed by atoms with E-state index in [0.29, 0.717) is 31.5 Å². The molecule has 0 aromatic heterocycles. The number of hydrogen-bond donors (Lipinski definition) is 2. The minimum atomic E-state index is -0.546. The smallest absolute Gasteiger partial charge is 0.161 e. The predicted molar refractivity (Wildman–Crippen MR) is 78.4 cm³/mol. The monoisotopic (exact) mass is 280 g/mol. The molecule has 0 amide bonds. The average molecular weight is 280 g/mol. The number of benzene rings is 1. The third-order valence-corrected chi connectivity index (χ3v) is 3.25. The van der Waals surface area contributed by atoms with Gasteiger partial charge in [-0.3, -0.25) is 0 Å². The van der Waals surface area contributed by atoms with Crippen LogP contribution >= 0.6 is 0 Å². The van der Waals surface area contributed by atoms with Crippen molar-refractivity contribution >= 4 is 0 Å². The first-order valence-electron chi connectivity index (χ1n) is 7.02. The Labute approximate surface area is 120 Å². The zero-order chi connectivity index (χ0) is 14.5. The van der Waals surface area contributed by atoms with Crippen LogP contribution in [0.1, 0.15) is 18.6 Å². The molecule has 1 aliphatic heterocycles. The van der Waals surface area contributed by atoms with E-state index < -0.39 is 6.10 Å². The van der Waals surface area contributed by atoms with E-state index in [0.717, 1.165) is 17.9 Å². The molecule has 0 spiro atoms. The van der Waals surface area contributed by atoms with E-state index in [4.69, 9.17) is 9.47 Å². The maximum Gasteiger partial charge on any atom is 0.161 e. The van der Waals surface area contributed by atoms with Gasteiger partial charge in [0.2, 0.25) is 0 Å². The molecule has 0 saturated carbocycles. The second-order valence-corrected chi connectivity index (χ2v) is 5.49. The van der Waals surface area contributed by atoms with Crippen molar-refractivity contribution in [2.24, 2.45) is 0 Å². The Morgan fingerprint density at radius 3 is 2.65 bits per heavy atom. The quantitative estimate of drug-likeness (QED) is 0.815. The number of aliphatic hydroxyl groups excluding tert-OH is 1. The summed E-state index contributed by atoms with van der Waals surface area (Å²) in [4.78, 5) is 2.12. The van der Waals surface area contributed by atoms with Crippen LogP contribution in [0.5, 0.6) is 11.5 Å². The lowest BCUT2D eigenvalue weighted by molar-refractivity contribution is 0.160. The second-order valence-electron chi connectivity index (χ2n) is 5.49. The van der Waals surface area contributed by atoms with Gasteiger partial charge in [-0.05, 0) is 38.7 Å². The Kier molecular flexibility index (Phi) is 5.23. The minimum Gasteiger partial charge on any atom is -0.486 e. The van der Waals surface area contributed by atoms with E-state index in [1.165, 1.54) is 0 Å². The van der Waals surface area contributed by atoms with Crippen molar-refractivity contribution in [1.29, 1.82) is 0 Å². The molecule has 1 aliphatic rings. The lowest BCUT2D eigenvalue weighted by Gasteiger charge is -2.22. The van der Waals surface area contributed by atoms with Gasteiger partial charge in [0.05, 0.1) is 6.10 Å². The summed E-state index contributed by atoms with van der Waals surface area (Å²) in [5, 5.41) is 13.6. The molecule has 0 saturated heterocycles. The van der Waals surface area contributed by atoms with Crippen LogP contribution < -0.4 is 14.8 Å². The second kappa shape index (κ2) is 6.92. The SMILES string of the molecule is CC(CN(C)C)NCC(O)c1ccc2c(c1)OCCO2. The molecule has 5 heteroatoms. The summed E-state index contributed by atoms with van der Waals surface area (Å²) in [6, 6.07) is 5.93. The Morgan fingerprint density at radius 2 is 1.95 bits per heavy atom. The predicted octanol–water partition coefficient (Wildman–Crippen LogP) is 1.03. The van der Waals surface area contributed by atoms with E-state index in [1.807, 2.05) is 32.3 Å². The van der Waals surface area contributed by atoms with Gasteiger partial charge in [-0.15, -0.1) is 0 Å². The molecule has 0 bridgehead atoms. The number of nitrogens with one attached hydrogen (secondary N) is 1. The number of ether oxygens (including phenoxy) is 2. The van der Waals surface area contributed by atoms with Crippen LogP contribution in [0.15, 0.2) is 18.2 Å². The first-order valence-corrected chi connectivity index (χ1v) is 7.02. The summed E-state index contributed by atoms with van der Waals surface area (Å²) in [6.45, 7) is 4.71. The number of likely N-dealkylation sites (N-methyl/N-ethyl adjacent to an activating group) is 1. The summed E-state index contributed by atoms with van der Waals surface area (Å²) in [5.41, 5.74) is 0.846. The van der Waals surface area contributed by atoms with Crippen LogP contribution in [0.25, 0.3) is 0 Å². The molecule has 1 aromatic rings. The zero-order valence-electron chi connectivity index (χ0n) is 12.4. The van der Waals surface area contributed by atoms with Crippen LogP contribution in [0, 0.1) is 0 Å². The number of aliphatic hydroxyl groups is 1. The Balaban J connectivity index is 1.90. The third kappa shape index (κ3) is 4.10. The standard InChI is InChI=1S/C15H24N2O3/c1-11(10-17(2)3)16-9-13(18)12-4-5-14-15(8-12)20-7-6-19-14/h4-5,8,11,13,16,18H,6-7,9-10H2,1-3H3. The van der Waals surface area contributed by atoms with Gasteiger partial charge in [0.1, 0.15) is 13.2 Å². The summed E-state index contributed by atoms with van der Waals surface area (Å²) < 4.78 is 11.0. The maximum atomic E-state index is 10.2. The van der Waals surface area contributed by atoms with Crippen molar-refractivity contribution in [2.45, 2.75) is 19.1 Å². The highest BCUT2D eigenvalue weighted by atomic mass is 16.6. The topological polar surface area (TPSA) is 54.0 Å². The average Bonchev–Trinajstić information content (AvgIpc) is 2.43. The Hall–Kier alpha value is -1.30. The molecule has 1 aromatic carbocycles. The maximum absolute atomic E-state index is 10.2. The van der Waals surface area contributed by atoms with Gasteiger partial charge < -0.3 is 24.8 Å². The van der Waals surface area contributed by atoms with Gasteiger partial charge in [-0.25, -0.2) is 0 Å². The lowest BCUT2D eigenvalue weighted by atomic mass is 10.1. The van der Waals surface area contributed by atoms with Crippen LogP contribution in [0.4, 0.5) is 0 Å². The third-order valence-electron chi connectivity index (χ3n) is 3.25. The first-order chi connectivity index (χ1) is 9.56. The highest BCUT2D eigenvalue weighted by Gasteiger charge is 2.16. The van der Waals surface area contributed by atoms with Crippen molar-refractivity contribution in [1.82, 2.24) is 10.2 Å². The molecule has 2 unspecified atom stereocenters. The highest BCUT2D eigenvalue weighted by Crippen LogP contribution is 2.32. The summed E-state index contributed by atoms with van der Waals surface area (Å²) >= 11 is 0. The molecular weight excluding hydrogens is 256 g/mol. The van der Waals surface area contributed by atoms with E-state index in [2.05, 4.69) is 17.1 Å². The Bertz CT molecular complexity index is 437. The van der Waals surface area contributed by atoms with Crippen molar-refractivity contribution in [3.8, 4) is 11.5 Å². The molecule has 20 heavy (non-hydrogen) atoms. The Morgan fingerprint density at radius 1 is 1.25 bits per heavy atom. The van der Waals surface area contributed by atoms with Crippen molar-refractivity contribution in [3.63, 3.8) is 0 Å². The largest absolute Gasteiger partial charge is 0.486 e. The number of fused-ring (bicyclic) bond motifs is 1. The van der Waals surface area contributed by atoms with Crippen LogP contribution in [-0.2, 0) is 0 Å². The fourth-order valence-electron chi connectivity index (χ4n) is 2.31.